The van der Waals surface area contributed by atoms with Crippen molar-refractivity contribution in [1.29, 1.82) is 0 Å². The van der Waals surface area contributed by atoms with E-state index in [0.29, 0.717) is 16.9 Å². The summed E-state index contributed by atoms with van der Waals surface area (Å²) >= 11 is 3.80. The van der Waals surface area contributed by atoms with Gasteiger partial charge < -0.3 is 4.90 Å². The van der Waals surface area contributed by atoms with Crippen LogP contribution in [0, 0.1) is 0 Å². The van der Waals surface area contributed by atoms with E-state index in [2.05, 4.69) is 49.0 Å². The Hall–Kier alpha value is -1.16. The fourth-order valence-electron chi connectivity index (χ4n) is 3.65. The summed E-state index contributed by atoms with van der Waals surface area (Å²) in [5.41, 5.74) is 1.05. The Morgan fingerprint density at radius 1 is 1.05 bits per heavy atom. The van der Waals surface area contributed by atoms with Gasteiger partial charge in [0.15, 0.2) is 0 Å². The van der Waals surface area contributed by atoms with Crippen LogP contribution in [0.1, 0.15) is 25.7 Å². The Labute approximate surface area is 121 Å². The third kappa shape index (κ3) is 1.84. The van der Waals surface area contributed by atoms with Crippen molar-refractivity contribution in [2.75, 3.05) is 4.90 Å². The number of fused-ring (bicyclic) bond motifs is 3. The molecule has 1 aromatic heterocycles. The van der Waals surface area contributed by atoms with Gasteiger partial charge in [-0.05, 0) is 37.8 Å². The number of nitrogens with zero attached hydrogens (tertiary/aromatic N) is 3. The van der Waals surface area contributed by atoms with Crippen LogP contribution in [0.2, 0.25) is 0 Å². The quantitative estimate of drug-likeness (QED) is 0.753. The number of halogens is 1. The van der Waals surface area contributed by atoms with Gasteiger partial charge in [0.1, 0.15) is 12.1 Å². The van der Waals surface area contributed by atoms with E-state index in [1.807, 2.05) is 6.07 Å². The zero-order chi connectivity index (χ0) is 12.8. The second-order valence-electron chi connectivity index (χ2n) is 5.58. The molecule has 0 aliphatic carbocycles. The summed E-state index contributed by atoms with van der Waals surface area (Å²) in [5, 5.41) is 1.19. The first-order valence-electron chi connectivity index (χ1n) is 6.95. The van der Waals surface area contributed by atoms with E-state index in [1.54, 1.807) is 6.33 Å². The molecule has 4 rings (SSSR count). The number of hydrogen-bond acceptors (Lipinski definition) is 3. The van der Waals surface area contributed by atoms with Crippen LogP contribution in [0.3, 0.4) is 0 Å². The first-order valence-corrected chi connectivity index (χ1v) is 7.86. The van der Waals surface area contributed by atoms with Gasteiger partial charge >= 0.3 is 0 Å². The first kappa shape index (κ1) is 11.6. The van der Waals surface area contributed by atoms with Crippen LogP contribution in [-0.2, 0) is 0 Å². The van der Waals surface area contributed by atoms with Crippen molar-refractivity contribution >= 4 is 32.7 Å². The van der Waals surface area contributed by atoms with Gasteiger partial charge in [-0.2, -0.15) is 0 Å². The maximum atomic E-state index is 4.60. The van der Waals surface area contributed by atoms with Gasteiger partial charge in [-0.25, -0.2) is 9.97 Å². The van der Waals surface area contributed by atoms with E-state index in [0.717, 1.165) is 11.3 Å². The van der Waals surface area contributed by atoms with Crippen LogP contribution >= 0.6 is 15.9 Å². The molecular weight excluding hydrogens is 302 g/mol. The van der Waals surface area contributed by atoms with Crippen LogP contribution in [0.4, 0.5) is 5.82 Å². The molecule has 3 heterocycles. The summed E-state index contributed by atoms with van der Waals surface area (Å²) in [7, 11) is 0. The first-order chi connectivity index (χ1) is 9.33. The maximum Gasteiger partial charge on any atom is 0.140 e. The van der Waals surface area contributed by atoms with Crippen LogP contribution in [-0.4, -0.2) is 26.9 Å². The molecule has 2 aromatic rings. The Morgan fingerprint density at radius 2 is 1.79 bits per heavy atom. The normalized spacial score (nSPS) is 29.9. The van der Waals surface area contributed by atoms with Gasteiger partial charge in [0.25, 0.3) is 0 Å². The van der Waals surface area contributed by atoms with Gasteiger partial charge in [0.05, 0.1) is 5.52 Å². The summed E-state index contributed by atoms with van der Waals surface area (Å²) in [4.78, 5) is 12.2. The van der Waals surface area contributed by atoms with E-state index in [9.17, 15) is 0 Å². The predicted molar refractivity (Wildman–Crippen MR) is 80.8 cm³/mol. The Bertz CT molecular complexity index is 596. The topological polar surface area (TPSA) is 29.0 Å². The fourth-order valence-corrected chi connectivity index (χ4v) is 4.52. The molecule has 2 bridgehead atoms. The Balaban J connectivity index is 1.83. The molecule has 3 nitrogen and oxygen atoms in total. The number of rotatable bonds is 1. The molecule has 4 heteroatoms. The summed E-state index contributed by atoms with van der Waals surface area (Å²) in [6.07, 6.45) is 6.76. The molecule has 98 valence electrons. The second-order valence-corrected chi connectivity index (χ2v) is 6.87. The van der Waals surface area contributed by atoms with Crippen molar-refractivity contribution in [2.45, 2.75) is 42.6 Å². The minimum atomic E-state index is 0.640. The standard InChI is InChI=1S/C15H16BrN3/c16-10-7-11-5-6-12(8-10)19(11)15-13-3-1-2-4-14(13)17-9-18-15/h1-4,9-12H,5-8H2. The van der Waals surface area contributed by atoms with Crippen molar-refractivity contribution in [1.82, 2.24) is 9.97 Å². The minimum Gasteiger partial charge on any atom is -0.350 e. The van der Waals surface area contributed by atoms with Gasteiger partial charge in [-0.1, -0.05) is 28.1 Å². The van der Waals surface area contributed by atoms with E-state index in [4.69, 9.17) is 0 Å². The third-order valence-electron chi connectivity index (χ3n) is 4.44. The van der Waals surface area contributed by atoms with E-state index < -0.39 is 0 Å². The van der Waals surface area contributed by atoms with Crippen LogP contribution in [0.5, 0.6) is 0 Å². The van der Waals surface area contributed by atoms with Crippen LogP contribution in [0.15, 0.2) is 30.6 Å². The smallest absolute Gasteiger partial charge is 0.140 e. The summed E-state index contributed by atoms with van der Waals surface area (Å²) in [6.45, 7) is 0. The van der Waals surface area contributed by atoms with E-state index in [-0.39, 0.29) is 0 Å². The number of alkyl halides is 1. The fraction of sp³-hybridized carbons (Fsp3) is 0.467. The molecule has 0 radical (unpaired) electrons. The molecule has 2 saturated heterocycles. The minimum absolute atomic E-state index is 0.640. The average Bonchev–Trinajstić information content (AvgIpc) is 2.70. The van der Waals surface area contributed by atoms with Gasteiger partial charge in [-0.15, -0.1) is 0 Å². The third-order valence-corrected chi connectivity index (χ3v) is 5.19. The zero-order valence-corrected chi connectivity index (χ0v) is 12.3. The maximum absolute atomic E-state index is 4.60. The molecule has 2 fully saturated rings. The molecule has 2 aliphatic heterocycles. The number of piperidine rings is 1. The molecule has 19 heavy (non-hydrogen) atoms. The highest BCUT2D eigenvalue weighted by atomic mass is 79.9. The van der Waals surface area contributed by atoms with E-state index >= 15 is 0 Å². The Kier molecular flexibility index (Phi) is 2.72. The lowest BCUT2D eigenvalue weighted by molar-refractivity contribution is 0.480. The molecule has 2 atom stereocenters. The summed E-state index contributed by atoms with van der Waals surface area (Å²) in [6, 6.07) is 9.61. The predicted octanol–water partition coefficient (Wildman–Crippen LogP) is 3.52. The van der Waals surface area contributed by atoms with Crippen molar-refractivity contribution < 1.29 is 0 Å². The average molecular weight is 318 g/mol. The molecule has 2 aliphatic rings. The summed E-state index contributed by atoms with van der Waals surface area (Å²) in [5.74, 6) is 1.14. The molecule has 0 spiro atoms. The number of hydrogen-bond donors (Lipinski definition) is 0. The number of aromatic nitrogens is 2. The van der Waals surface area contributed by atoms with Gasteiger partial charge in [0.2, 0.25) is 0 Å². The van der Waals surface area contributed by atoms with Crippen LogP contribution < -0.4 is 4.90 Å². The highest BCUT2D eigenvalue weighted by molar-refractivity contribution is 9.09. The van der Waals surface area contributed by atoms with Crippen molar-refractivity contribution in [2.24, 2.45) is 0 Å². The lowest BCUT2D eigenvalue weighted by Gasteiger charge is -2.38. The lowest BCUT2D eigenvalue weighted by atomic mass is 10.0. The number of para-hydroxylation sites is 1. The van der Waals surface area contributed by atoms with Gasteiger partial charge in [0, 0.05) is 22.3 Å². The molecule has 0 N–H and O–H groups in total. The number of anilines is 1. The van der Waals surface area contributed by atoms with Crippen molar-refractivity contribution in [3.05, 3.63) is 30.6 Å². The SMILES string of the molecule is BrC1CC2CCC(C1)N2c1ncnc2ccccc12. The molecule has 0 saturated carbocycles. The highest BCUT2D eigenvalue weighted by Gasteiger charge is 2.41. The lowest BCUT2D eigenvalue weighted by Crippen LogP contribution is -2.43. The number of benzene rings is 1. The highest BCUT2D eigenvalue weighted by Crippen LogP contribution is 2.42. The van der Waals surface area contributed by atoms with E-state index in [1.165, 1.54) is 31.1 Å². The zero-order valence-electron chi connectivity index (χ0n) is 10.7. The Morgan fingerprint density at radius 3 is 2.58 bits per heavy atom. The molecular formula is C15H16BrN3. The summed E-state index contributed by atoms with van der Waals surface area (Å²) < 4.78 is 0. The second kappa shape index (κ2) is 4.44. The van der Waals surface area contributed by atoms with Crippen molar-refractivity contribution in [3.63, 3.8) is 0 Å². The molecule has 0 amide bonds. The van der Waals surface area contributed by atoms with Crippen molar-refractivity contribution in [3.8, 4) is 0 Å². The molecule has 1 aromatic carbocycles. The largest absolute Gasteiger partial charge is 0.350 e. The van der Waals surface area contributed by atoms with Gasteiger partial charge in [-0.3, -0.25) is 0 Å². The van der Waals surface area contributed by atoms with Crippen LogP contribution in [0.25, 0.3) is 10.9 Å². The molecule has 2 unspecified atom stereocenters. The monoisotopic (exact) mass is 317 g/mol.